The van der Waals surface area contributed by atoms with Crippen molar-refractivity contribution >= 4 is 11.6 Å². The van der Waals surface area contributed by atoms with E-state index < -0.39 is 0 Å². The molecule has 1 saturated carbocycles. The normalized spacial score (nSPS) is 23.6. The highest BCUT2D eigenvalue weighted by Gasteiger charge is 2.35. The second-order valence-electron chi connectivity index (χ2n) is 11.7. The summed E-state index contributed by atoms with van der Waals surface area (Å²) in [7, 11) is 3.46. The topological polar surface area (TPSA) is 60.5 Å². The number of carbonyl (C=O) groups is 1. The molecule has 218 valence electrons. The van der Waals surface area contributed by atoms with Crippen molar-refractivity contribution in [3.63, 3.8) is 0 Å². The summed E-state index contributed by atoms with van der Waals surface area (Å²) < 4.78 is 23.3. The molecule has 2 heterocycles. The molecule has 1 aliphatic carbocycles. The van der Waals surface area contributed by atoms with Crippen LogP contribution in [-0.4, -0.2) is 70.0 Å². The molecule has 1 saturated heterocycles. The lowest BCUT2D eigenvalue weighted by molar-refractivity contribution is -0.129. The Balaban J connectivity index is 1.26. The van der Waals surface area contributed by atoms with Gasteiger partial charge in [0.15, 0.2) is 0 Å². The van der Waals surface area contributed by atoms with Gasteiger partial charge in [-0.2, -0.15) is 0 Å². The van der Waals surface area contributed by atoms with E-state index in [9.17, 15) is 4.79 Å². The molecule has 2 aliphatic heterocycles. The van der Waals surface area contributed by atoms with Crippen LogP contribution in [0.2, 0.25) is 0 Å². The summed E-state index contributed by atoms with van der Waals surface area (Å²) in [5.41, 5.74) is 3.64. The van der Waals surface area contributed by atoms with Gasteiger partial charge in [0.1, 0.15) is 18.1 Å². The number of ether oxygens (including phenoxy) is 4. The van der Waals surface area contributed by atoms with Gasteiger partial charge in [0, 0.05) is 45.2 Å². The van der Waals surface area contributed by atoms with Crippen LogP contribution < -0.4 is 14.4 Å². The third-order valence-corrected chi connectivity index (χ3v) is 8.98. The molecule has 4 atom stereocenters. The quantitative estimate of drug-likeness (QED) is 0.311. The first kappa shape index (κ1) is 28.7. The van der Waals surface area contributed by atoms with Gasteiger partial charge in [0.05, 0.1) is 32.1 Å². The molecule has 0 unspecified atom stereocenters. The molecule has 5 rings (SSSR count). The molecule has 2 aromatic rings. The van der Waals surface area contributed by atoms with Crippen LogP contribution in [-0.2, 0) is 20.9 Å². The maximum atomic E-state index is 12.3. The lowest BCUT2D eigenvalue weighted by atomic mass is 9.74. The van der Waals surface area contributed by atoms with Gasteiger partial charge >= 0.3 is 0 Å². The Hall–Kier alpha value is -2.77. The van der Waals surface area contributed by atoms with E-state index in [4.69, 9.17) is 18.9 Å². The Morgan fingerprint density at radius 2 is 1.93 bits per heavy atom. The predicted octanol–water partition coefficient (Wildman–Crippen LogP) is 5.80. The smallest absolute Gasteiger partial charge is 0.222 e. The number of hydrogen-bond donors (Lipinski definition) is 0. The third kappa shape index (κ3) is 6.92. The summed E-state index contributed by atoms with van der Waals surface area (Å²) in [6.07, 6.45) is 7.15. The van der Waals surface area contributed by atoms with Crippen LogP contribution in [0.3, 0.4) is 0 Å². The third-order valence-electron chi connectivity index (χ3n) is 8.98. The van der Waals surface area contributed by atoms with E-state index in [1.165, 1.54) is 11.1 Å². The summed E-state index contributed by atoms with van der Waals surface area (Å²) in [5.74, 6) is 3.05. The zero-order chi connectivity index (χ0) is 27.9. The van der Waals surface area contributed by atoms with E-state index >= 15 is 0 Å². The number of hydrogen-bond acceptors (Lipinski definition) is 6. The fourth-order valence-electron chi connectivity index (χ4n) is 6.83. The number of anilines is 1. The van der Waals surface area contributed by atoms with Crippen LogP contribution in [0.5, 0.6) is 11.5 Å². The summed E-state index contributed by atoms with van der Waals surface area (Å²) >= 11 is 0. The van der Waals surface area contributed by atoms with Crippen molar-refractivity contribution in [2.75, 3.05) is 52.0 Å². The van der Waals surface area contributed by atoms with E-state index in [0.717, 1.165) is 82.0 Å². The number of benzene rings is 2. The van der Waals surface area contributed by atoms with Gasteiger partial charge in [-0.05, 0) is 86.8 Å². The molecule has 0 aromatic heterocycles. The first-order chi connectivity index (χ1) is 19.6. The van der Waals surface area contributed by atoms with Crippen LogP contribution >= 0.6 is 0 Å². The highest BCUT2D eigenvalue weighted by Crippen LogP contribution is 2.42. The van der Waals surface area contributed by atoms with E-state index in [0.29, 0.717) is 43.4 Å². The van der Waals surface area contributed by atoms with Crippen molar-refractivity contribution in [2.24, 2.45) is 5.92 Å². The fourth-order valence-corrected chi connectivity index (χ4v) is 6.83. The minimum Gasteiger partial charge on any atom is -0.497 e. The number of fused-ring (bicyclic) bond motifs is 1. The Kier molecular flexibility index (Phi) is 9.87. The molecule has 1 amide bonds. The zero-order valence-corrected chi connectivity index (χ0v) is 24.5. The maximum Gasteiger partial charge on any atom is 0.222 e. The SMILES string of the molecule is COCCCN1CCOc2ccc(CO[C@H]3CC[C@@H](C[C@@H](C)N4CCCC4=O)C[C@@H]3c3ccc(OC)cc3)cc21. The van der Waals surface area contributed by atoms with E-state index in [1.807, 2.05) is 0 Å². The number of nitrogens with zero attached hydrogens (tertiary/aromatic N) is 2. The number of likely N-dealkylation sites (tertiary alicyclic amines) is 1. The van der Waals surface area contributed by atoms with Crippen LogP contribution in [0.4, 0.5) is 5.69 Å². The fraction of sp³-hybridized carbons (Fsp3) is 0.606. The average Bonchev–Trinajstić information content (AvgIpc) is 3.42. The van der Waals surface area contributed by atoms with E-state index in [2.05, 4.69) is 59.2 Å². The molecule has 2 fully saturated rings. The van der Waals surface area contributed by atoms with Crippen molar-refractivity contribution in [1.29, 1.82) is 0 Å². The first-order valence-corrected chi connectivity index (χ1v) is 15.1. The molecule has 2 aromatic carbocycles. The highest BCUT2D eigenvalue weighted by atomic mass is 16.5. The second kappa shape index (κ2) is 13.7. The van der Waals surface area contributed by atoms with Gasteiger partial charge in [0.2, 0.25) is 5.91 Å². The number of carbonyl (C=O) groups excluding carboxylic acids is 1. The molecule has 3 aliphatic rings. The van der Waals surface area contributed by atoms with Gasteiger partial charge in [-0.1, -0.05) is 18.2 Å². The van der Waals surface area contributed by atoms with Gasteiger partial charge in [-0.15, -0.1) is 0 Å². The monoisotopic (exact) mass is 550 g/mol. The van der Waals surface area contributed by atoms with Gasteiger partial charge < -0.3 is 28.7 Å². The predicted molar refractivity (Wildman–Crippen MR) is 157 cm³/mol. The lowest BCUT2D eigenvalue weighted by Gasteiger charge is -2.38. The molecule has 7 nitrogen and oxygen atoms in total. The molecular weight excluding hydrogens is 504 g/mol. The van der Waals surface area contributed by atoms with E-state index in [-0.39, 0.29) is 6.10 Å². The molecule has 0 spiro atoms. The van der Waals surface area contributed by atoms with Crippen molar-refractivity contribution in [2.45, 2.75) is 76.5 Å². The summed E-state index contributed by atoms with van der Waals surface area (Å²) in [5, 5.41) is 0. The van der Waals surface area contributed by atoms with Crippen LogP contribution in [0.25, 0.3) is 0 Å². The first-order valence-electron chi connectivity index (χ1n) is 15.1. The largest absolute Gasteiger partial charge is 0.497 e. The summed E-state index contributed by atoms with van der Waals surface area (Å²) in [6, 6.07) is 15.3. The molecule has 0 radical (unpaired) electrons. The number of amides is 1. The van der Waals surface area contributed by atoms with Crippen LogP contribution in [0.1, 0.15) is 68.9 Å². The molecule has 7 heteroatoms. The molecule has 0 bridgehead atoms. The average molecular weight is 551 g/mol. The van der Waals surface area contributed by atoms with Crippen molar-refractivity contribution in [3.05, 3.63) is 53.6 Å². The number of rotatable bonds is 12. The Bertz CT molecular complexity index is 1110. The van der Waals surface area contributed by atoms with Crippen molar-refractivity contribution in [1.82, 2.24) is 4.90 Å². The Labute approximate surface area is 239 Å². The minimum atomic E-state index is 0.151. The molecule has 40 heavy (non-hydrogen) atoms. The highest BCUT2D eigenvalue weighted by molar-refractivity contribution is 5.78. The summed E-state index contributed by atoms with van der Waals surface area (Å²) in [4.78, 5) is 16.8. The van der Waals surface area contributed by atoms with E-state index in [1.54, 1.807) is 14.2 Å². The number of methoxy groups -OCH3 is 2. The summed E-state index contributed by atoms with van der Waals surface area (Å²) in [6.45, 7) is 7.05. The lowest BCUT2D eigenvalue weighted by Crippen LogP contribution is -2.37. The molecular formula is C33H46N2O5. The van der Waals surface area contributed by atoms with Gasteiger partial charge in [0.25, 0.3) is 0 Å². The standard InChI is InChI=1S/C33H46N2O5/c1-24(35-16-4-6-33(35)36)20-25-7-13-31(29(21-25)27-9-11-28(38-3)12-10-27)40-23-26-8-14-32-30(22-26)34(17-19-39-32)15-5-18-37-2/h8-12,14,22,24-25,29,31H,4-7,13,15-21,23H2,1-3H3/t24-,25+,29-,31+/m1/s1. The van der Waals surface area contributed by atoms with Gasteiger partial charge in [-0.25, -0.2) is 0 Å². The van der Waals surface area contributed by atoms with Crippen molar-refractivity contribution < 1.29 is 23.7 Å². The minimum absolute atomic E-state index is 0.151. The maximum absolute atomic E-state index is 12.3. The van der Waals surface area contributed by atoms with Gasteiger partial charge in [-0.3, -0.25) is 4.79 Å². The van der Waals surface area contributed by atoms with Crippen LogP contribution in [0, 0.1) is 5.92 Å². The van der Waals surface area contributed by atoms with Crippen LogP contribution in [0.15, 0.2) is 42.5 Å². The Morgan fingerprint density at radius 3 is 2.67 bits per heavy atom. The Morgan fingerprint density at radius 1 is 1.07 bits per heavy atom. The van der Waals surface area contributed by atoms with Crippen molar-refractivity contribution in [3.8, 4) is 11.5 Å². The zero-order valence-electron chi connectivity index (χ0n) is 24.5. The molecule has 0 N–H and O–H groups in total. The second-order valence-corrected chi connectivity index (χ2v) is 11.7.